The third-order valence-electron chi connectivity index (χ3n) is 16.7. The summed E-state index contributed by atoms with van der Waals surface area (Å²) < 4.78 is 17.2. The molecule has 87 heavy (non-hydrogen) atoms. The lowest BCUT2D eigenvalue weighted by Gasteiger charge is -2.37. The van der Waals surface area contributed by atoms with Crippen LogP contribution in [0.3, 0.4) is 0 Å². The van der Waals surface area contributed by atoms with Gasteiger partial charge in [0.25, 0.3) is 0 Å². The molecule has 9 aromatic rings. The number of fused-ring (bicyclic) bond motifs is 3. The van der Waals surface area contributed by atoms with E-state index in [9.17, 15) is 19.5 Å². The van der Waals surface area contributed by atoms with Crippen molar-refractivity contribution in [2.75, 3.05) is 39.2 Å². The zero-order valence-corrected chi connectivity index (χ0v) is 49.5. The van der Waals surface area contributed by atoms with Crippen LogP contribution >= 0.6 is 0 Å². The Bertz CT molecular complexity index is 3500. The van der Waals surface area contributed by atoms with E-state index >= 15 is 0 Å². The number of benzene rings is 9. The molecule has 0 radical (unpaired) electrons. The monoisotopic (exact) mass is 1160 g/mol. The second kappa shape index (κ2) is 29.7. The molecule has 9 aromatic carbocycles. The molecule has 0 aromatic heterocycles. The number of unbranched alkanes of at least 4 members (excludes halogenated alkanes) is 3. The first-order valence-electron chi connectivity index (χ1n) is 30.2. The van der Waals surface area contributed by atoms with Gasteiger partial charge in [-0.05, 0) is 143 Å². The maximum absolute atomic E-state index is 15.0. The van der Waals surface area contributed by atoms with Gasteiger partial charge in [0.1, 0.15) is 30.2 Å². The lowest BCUT2D eigenvalue weighted by atomic mass is 9.77. The number of ether oxygens (including phenoxy) is 3. The fourth-order valence-electron chi connectivity index (χ4n) is 12.2. The van der Waals surface area contributed by atoms with Crippen LogP contribution in [0.2, 0.25) is 0 Å². The zero-order chi connectivity index (χ0) is 60.3. The minimum absolute atomic E-state index is 0.0705. The van der Waals surface area contributed by atoms with Crippen molar-refractivity contribution in [3.05, 3.63) is 293 Å². The molecule has 444 valence electrons. The quantitative estimate of drug-likeness (QED) is 0.0198. The summed E-state index contributed by atoms with van der Waals surface area (Å²) in [6.45, 7) is 1.11. The van der Waals surface area contributed by atoms with Crippen molar-refractivity contribution in [1.82, 2.24) is 21.3 Å². The predicted octanol–water partition coefficient (Wildman–Crippen LogP) is 13.4. The fraction of sp³-hybridized carbons (Fsp3) is 0.240. The topological polar surface area (TPSA) is 159 Å². The highest BCUT2D eigenvalue weighted by molar-refractivity contribution is 5.98. The highest BCUT2D eigenvalue weighted by Crippen LogP contribution is 2.45. The molecule has 0 heterocycles. The second-order valence-corrected chi connectivity index (χ2v) is 22.0. The van der Waals surface area contributed by atoms with Crippen LogP contribution in [0, 0.1) is 0 Å². The van der Waals surface area contributed by atoms with Gasteiger partial charge >= 0.3 is 6.09 Å². The maximum atomic E-state index is 15.0. The van der Waals surface area contributed by atoms with E-state index in [4.69, 9.17) is 14.2 Å². The molecule has 3 amide bonds. The van der Waals surface area contributed by atoms with Crippen LogP contribution in [0.15, 0.2) is 243 Å². The van der Waals surface area contributed by atoms with Gasteiger partial charge in [-0.15, -0.1) is 0 Å². The molecule has 12 heteroatoms. The van der Waals surface area contributed by atoms with Crippen LogP contribution in [0.1, 0.15) is 101 Å². The van der Waals surface area contributed by atoms with Crippen molar-refractivity contribution < 1.29 is 33.7 Å². The number of carbonyl (C=O) groups excluding carboxylic acids is 3. The van der Waals surface area contributed by atoms with Crippen LogP contribution in [-0.4, -0.2) is 69.0 Å². The standard InChI is InChI=1S/C75H77N5O7/c1-85-62-46-40-59(41-47-62)74(55-24-8-3-9-25-55,56-26-10-4-11-27-56)76-50-22-7-16-36-70(80-73(84)87-53-68-66-34-19-17-32-64(66)65-33-18-20-35-67(65)68)72(83)79-69(71(82)78-61-44-38-54(52-81)39-45-61)37-21-23-51-77-75(57-28-12-5-13-29-57,58-30-14-6-15-31-58)60-42-48-63(86-2)49-43-60/h3-6,8-15,17-20,24-35,38-49,68-70,76-77,81H,7,16,21-23,36-37,50-53H2,1-2H3,(H,78,82)(H,79,83)(H,80,84)/t69?,70-/m0/s1. The number of nitrogens with one attached hydrogen (secondary N) is 5. The number of carbonyl (C=O) groups is 3. The first-order chi connectivity index (χ1) is 42.7. The summed E-state index contributed by atoms with van der Waals surface area (Å²) in [5.41, 5.74) is 10.5. The first kappa shape index (κ1) is 60.8. The molecule has 6 N–H and O–H groups in total. The van der Waals surface area contributed by atoms with Crippen LogP contribution in [0.4, 0.5) is 10.5 Å². The van der Waals surface area contributed by atoms with Gasteiger partial charge in [-0.1, -0.05) is 219 Å². The van der Waals surface area contributed by atoms with Gasteiger partial charge in [0.05, 0.1) is 31.9 Å². The first-order valence-corrected chi connectivity index (χ1v) is 30.2. The molecule has 0 spiro atoms. The number of aliphatic hydroxyl groups excluding tert-OH is 1. The Morgan fingerprint density at radius 2 is 0.828 bits per heavy atom. The summed E-state index contributed by atoms with van der Waals surface area (Å²) in [5.74, 6) is 0.438. The Kier molecular flexibility index (Phi) is 20.7. The van der Waals surface area contributed by atoms with Crippen molar-refractivity contribution in [2.24, 2.45) is 0 Å². The molecule has 0 bridgehead atoms. The van der Waals surface area contributed by atoms with Gasteiger partial charge in [0, 0.05) is 11.6 Å². The molecule has 1 aliphatic rings. The lowest BCUT2D eigenvalue weighted by Crippen LogP contribution is -2.52. The van der Waals surface area contributed by atoms with Crippen LogP contribution in [0.5, 0.6) is 11.5 Å². The number of rotatable bonds is 29. The van der Waals surface area contributed by atoms with E-state index in [0.717, 1.165) is 80.0 Å². The zero-order valence-electron chi connectivity index (χ0n) is 49.5. The number of alkyl carbamates (subject to hydrolysis) is 1. The van der Waals surface area contributed by atoms with Gasteiger partial charge in [-0.3, -0.25) is 20.2 Å². The largest absolute Gasteiger partial charge is 0.497 e. The van der Waals surface area contributed by atoms with E-state index in [1.54, 1.807) is 38.5 Å². The van der Waals surface area contributed by atoms with Gasteiger partial charge in [0.2, 0.25) is 11.8 Å². The van der Waals surface area contributed by atoms with Crippen molar-refractivity contribution >= 4 is 23.6 Å². The molecule has 0 saturated heterocycles. The fourth-order valence-corrected chi connectivity index (χ4v) is 12.2. The summed E-state index contributed by atoms with van der Waals surface area (Å²) in [7, 11) is 3.33. The van der Waals surface area contributed by atoms with E-state index in [-0.39, 0.29) is 25.6 Å². The maximum Gasteiger partial charge on any atom is 0.407 e. The van der Waals surface area contributed by atoms with Gasteiger partial charge < -0.3 is 35.3 Å². The van der Waals surface area contributed by atoms with Gasteiger partial charge in [-0.2, -0.15) is 0 Å². The van der Waals surface area contributed by atoms with Crippen molar-refractivity contribution in [1.29, 1.82) is 0 Å². The van der Waals surface area contributed by atoms with E-state index in [2.05, 4.69) is 148 Å². The normalized spacial score (nSPS) is 12.7. The predicted molar refractivity (Wildman–Crippen MR) is 345 cm³/mol. The van der Waals surface area contributed by atoms with Crippen molar-refractivity contribution in [3.63, 3.8) is 0 Å². The molecule has 0 saturated carbocycles. The minimum atomic E-state index is -1.04. The van der Waals surface area contributed by atoms with Crippen LogP contribution < -0.4 is 36.1 Å². The number of hydrogen-bond donors (Lipinski definition) is 6. The molecule has 2 atom stereocenters. The van der Waals surface area contributed by atoms with E-state index in [1.165, 1.54) is 0 Å². The van der Waals surface area contributed by atoms with E-state index < -0.39 is 41.1 Å². The molecule has 0 aliphatic heterocycles. The molecule has 1 aliphatic carbocycles. The smallest absolute Gasteiger partial charge is 0.407 e. The Morgan fingerprint density at radius 3 is 1.26 bits per heavy atom. The van der Waals surface area contributed by atoms with Crippen molar-refractivity contribution in [2.45, 2.75) is 80.6 Å². The SMILES string of the molecule is COc1ccc(C(NCCCCC[C@H](NC(=O)OCC2c3ccccc3-c3ccccc32)C(=O)NC(CCCCNC(c2ccccc2)(c2ccccc2)c2ccc(OC)cc2)C(=O)Nc2ccc(CO)cc2)(c2ccccc2)c2ccccc2)cc1. The molecule has 1 unspecified atom stereocenters. The molecular formula is C75H77N5O7. The Hall–Kier alpha value is -9.33. The Balaban J connectivity index is 0.872. The lowest BCUT2D eigenvalue weighted by molar-refractivity contribution is -0.128. The summed E-state index contributed by atoms with van der Waals surface area (Å²) >= 11 is 0. The average molecular weight is 1160 g/mol. The molecule has 10 rings (SSSR count). The summed E-state index contributed by atoms with van der Waals surface area (Å²) in [6.07, 6.45) is 3.10. The van der Waals surface area contributed by atoms with Crippen molar-refractivity contribution in [3.8, 4) is 22.6 Å². The number of aliphatic hydroxyl groups is 1. The Morgan fingerprint density at radius 1 is 0.437 bits per heavy atom. The number of methoxy groups -OCH3 is 2. The highest BCUT2D eigenvalue weighted by Gasteiger charge is 2.38. The number of amides is 3. The van der Waals surface area contributed by atoms with E-state index in [0.29, 0.717) is 50.0 Å². The van der Waals surface area contributed by atoms with Gasteiger partial charge in [-0.25, -0.2) is 4.79 Å². The third kappa shape index (κ3) is 14.3. The number of hydrogen-bond acceptors (Lipinski definition) is 9. The average Bonchev–Trinajstić information content (AvgIpc) is 1.43. The second-order valence-electron chi connectivity index (χ2n) is 22.0. The molecular weight excluding hydrogens is 1080 g/mol. The number of anilines is 1. The van der Waals surface area contributed by atoms with Crippen LogP contribution in [0.25, 0.3) is 11.1 Å². The third-order valence-corrected chi connectivity index (χ3v) is 16.7. The molecule has 0 fully saturated rings. The molecule has 12 nitrogen and oxygen atoms in total. The Labute approximate surface area is 511 Å². The highest BCUT2D eigenvalue weighted by atomic mass is 16.5. The van der Waals surface area contributed by atoms with Gasteiger partial charge in [0.15, 0.2) is 0 Å². The summed E-state index contributed by atoms with van der Waals surface area (Å²) in [4.78, 5) is 43.7. The summed E-state index contributed by atoms with van der Waals surface area (Å²) in [6, 6.07) is 79.1. The van der Waals surface area contributed by atoms with Crippen LogP contribution in [-0.2, 0) is 32.0 Å². The summed E-state index contributed by atoms with van der Waals surface area (Å²) in [5, 5.41) is 26.8. The van der Waals surface area contributed by atoms with E-state index in [1.807, 2.05) is 97.1 Å². The minimum Gasteiger partial charge on any atom is -0.497 e.